The molecule has 0 heterocycles. The van der Waals surface area contributed by atoms with Gasteiger partial charge in [0.15, 0.2) is 5.96 Å². The summed E-state index contributed by atoms with van der Waals surface area (Å²) in [4.78, 5) is 63.2. The van der Waals surface area contributed by atoms with Gasteiger partial charge >= 0.3 is 5.97 Å². The van der Waals surface area contributed by atoms with E-state index in [1.807, 2.05) is 5.32 Å². The first kappa shape index (κ1) is 29.5. The Hall–Kier alpha value is -3.50. The molecule has 0 saturated carbocycles. The predicted octanol–water partition coefficient (Wildman–Crippen LogP) is -5.85. The van der Waals surface area contributed by atoms with Crippen molar-refractivity contribution in [3.05, 3.63) is 0 Å². The minimum Gasteiger partial charge on any atom is -0.480 e. The lowest BCUT2D eigenvalue weighted by molar-refractivity contribution is -0.143. The Morgan fingerprint density at radius 1 is 0.939 bits per heavy atom. The van der Waals surface area contributed by atoms with Crippen LogP contribution >= 0.6 is 0 Å². The largest absolute Gasteiger partial charge is 0.480 e. The highest BCUT2D eigenvalue weighted by Gasteiger charge is 2.33. The molecule has 0 radical (unpaired) electrons. The average Bonchev–Trinajstić information content (AvgIpc) is 2.70. The molecule has 0 rings (SSSR count). The summed E-state index contributed by atoms with van der Waals surface area (Å²) in [5.41, 5.74) is 21.2. The molecule has 0 fully saturated rings. The lowest BCUT2D eigenvalue weighted by Crippen LogP contribution is -2.60. The number of aliphatic hydroxyl groups is 2. The van der Waals surface area contributed by atoms with E-state index in [9.17, 15) is 29.1 Å². The number of primary amides is 1. The molecule has 0 saturated heterocycles. The zero-order valence-corrected chi connectivity index (χ0v) is 18.1. The van der Waals surface area contributed by atoms with Gasteiger partial charge in [-0.1, -0.05) is 0 Å². The standard InChI is InChI=1S/C17H32N8O8/c1-7(27)12(25-13(29)8(18)3-2-4-22-17(20)21)15(31)23-9(5-11(19)28)14(30)24-10(6-26)16(32)33/h7-10,12,26-27H,2-6,18H2,1H3,(H2,19,28)(H,23,31)(H,24,30)(H,25,29)(H,32,33)(H4,20,21,22). The number of hydrogen-bond donors (Lipinski definition) is 10. The molecular formula is C17H32N8O8. The first-order chi connectivity index (χ1) is 15.3. The summed E-state index contributed by atoms with van der Waals surface area (Å²) in [6, 6.07) is -5.99. The minimum absolute atomic E-state index is 0.123. The van der Waals surface area contributed by atoms with Crippen LogP contribution in [0.5, 0.6) is 0 Å². The van der Waals surface area contributed by atoms with Crippen molar-refractivity contribution in [2.75, 3.05) is 13.2 Å². The van der Waals surface area contributed by atoms with Crippen molar-refractivity contribution in [3.8, 4) is 0 Å². The van der Waals surface area contributed by atoms with Gasteiger partial charge in [-0.15, -0.1) is 0 Å². The van der Waals surface area contributed by atoms with E-state index in [4.69, 9.17) is 33.1 Å². The molecule has 0 aliphatic rings. The summed E-state index contributed by atoms with van der Waals surface area (Å²) in [5, 5.41) is 34.1. The van der Waals surface area contributed by atoms with Crippen molar-refractivity contribution >= 4 is 35.6 Å². The third-order valence-electron chi connectivity index (χ3n) is 4.20. The van der Waals surface area contributed by atoms with Crippen LogP contribution in [0.25, 0.3) is 0 Å². The summed E-state index contributed by atoms with van der Waals surface area (Å²) in [5.74, 6) is -5.67. The van der Waals surface area contributed by atoms with Crippen molar-refractivity contribution < 1.29 is 39.3 Å². The van der Waals surface area contributed by atoms with Gasteiger partial charge in [0.25, 0.3) is 0 Å². The number of carboxylic acids is 1. The first-order valence-corrected chi connectivity index (χ1v) is 9.82. The normalized spacial score (nSPS) is 15.2. The lowest BCUT2D eigenvalue weighted by atomic mass is 10.1. The number of rotatable bonds is 15. The van der Waals surface area contributed by atoms with Crippen molar-refractivity contribution in [2.24, 2.45) is 27.9 Å². The summed E-state index contributed by atoms with van der Waals surface area (Å²) in [6.45, 7) is 0.453. The molecule has 14 N–H and O–H groups in total. The van der Waals surface area contributed by atoms with Gasteiger partial charge in [-0.25, -0.2) is 4.79 Å². The summed E-state index contributed by atoms with van der Waals surface area (Å²) in [7, 11) is 0. The Bertz CT molecular complexity index is 741. The topological polar surface area (TPSA) is 299 Å². The minimum atomic E-state index is -1.70. The van der Waals surface area contributed by atoms with Crippen molar-refractivity contribution in [3.63, 3.8) is 0 Å². The van der Waals surface area contributed by atoms with Gasteiger partial charge in [-0.2, -0.15) is 0 Å². The molecule has 0 aliphatic heterocycles. The van der Waals surface area contributed by atoms with E-state index in [1.54, 1.807) is 0 Å². The maximum Gasteiger partial charge on any atom is 0.328 e. The molecule has 188 valence electrons. The van der Waals surface area contributed by atoms with Crippen molar-refractivity contribution in [2.45, 2.75) is 56.5 Å². The van der Waals surface area contributed by atoms with Gasteiger partial charge < -0.3 is 54.2 Å². The summed E-state index contributed by atoms with van der Waals surface area (Å²) >= 11 is 0. The second kappa shape index (κ2) is 14.5. The number of aliphatic hydroxyl groups excluding tert-OH is 2. The zero-order valence-electron chi connectivity index (χ0n) is 18.1. The lowest BCUT2D eigenvalue weighted by Gasteiger charge is -2.25. The fourth-order valence-corrected chi connectivity index (χ4v) is 2.45. The Labute approximate surface area is 189 Å². The summed E-state index contributed by atoms with van der Waals surface area (Å²) < 4.78 is 0. The van der Waals surface area contributed by atoms with Crippen LogP contribution in [0, 0.1) is 0 Å². The van der Waals surface area contributed by atoms with E-state index in [-0.39, 0.29) is 18.9 Å². The van der Waals surface area contributed by atoms with E-state index in [0.717, 1.165) is 0 Å². The number of carboxylic acid groups (broad SMARTS) is 1. The highest BCUT2D eigenvalue weighted by molar-refractivity contribution is 5.96. The number of aliphatic imine (C=N–C) groups is 1. The zero-order chi connectivity index (χ0) is 25.7. The van der Waals surface area contributed by atoms with Crippen molar-refractivity contribution in [1.29, 1.82) is 0 Å². The number of nitrogens with one attached hydrogen (secondary N) is 3. The Balaban J connectivity index is 5.23. The summed E-state index contributed by atoms with van der Waals surface area (Å²) in [6.07, 6.45) is -1.65. The van der Waals surface area contributed by atoms with E-state index in [1.165, 1.54) is 6.92 Å². The molecule has 0 bridgehead atoms. The molecule has 5 atom stereocenters. The average molecular weight is 476 g/mol. The molecule has 16 nitrogen and oxygen atoms in total. The number of amides is 4. The molecule has 0 aliphatic carbocycles. The van der Waals surface area contributed by atoms with Gasteiger partial charge in [-0.3, -0.25) is 24.2 Å². The maximum absolute atomic E-state index is 12.6. The smallest absolute Gasteiger partial charge is 0.328 e. The molecule has 5 unspecified atom stereocenters. The number of nitrogens with two attached hydrogens (primary N) is 4. The number of hydrogen-bond acceptors (Lipinski definition) is 9. The van der Waals surface area contributed by atoms with Crippen LogP contribution in [-0.4, -0.2) is 94.3 Å². The molecule has 4 amide bonds. The number of nitrogens with zero attached hydrogens (tertiary/aromatic N) is 1. The molecule has 0 aromatic heterocycles. The van der Waals surface area contributed by atoms with Crippen LogP contribution in [0.3, 0.4) is 0 Å². The van der Waals surface area contributed by atoms with Crippen LogP contribution in [-0.2, 0) is 24.0 Å². The fraction of sp³-hybridized carbons (Fsp3) is 0.647. The second-order valence-electron chi connectivity index (χ2n) is 7.10. The Morgan fingerprint density at radius 3 is 1.97 bits per heavy atom. The molecule has 16 heteroatoms. The quantitative estimate of drug-likeness (QED) is 0.0602. The third-order valence-corrected chi connectivity index (χ3v) is 4.20. The fourth-order valence-electron chi connectivity index (χ4n) is 2.45. The number of carbonyl (C=O) groups is 5. The first-order valence-electron chi connectivity index (χ1n) is 9.82. The number of guanidine groups is 1. The number of carbonyl (C=O) groups excluding carboxylic acids is 4. The van der Waals surface area contributed by atoms with Gasteiger partial charge in [0.05, 0.1) is 25.2 Å². The second-order valence-corrected chi connectivity index (χ2v) is 7.10. The SMILES string of the molecule is CC(O)C(NC(=O)C(N)CCCN=C(N)N)C(=O)NC(CC(N)=O)C(=O)NC(CO)C(=O)O. The van der Waals surface area contributed by atoms with Crippen LogP contribution in [0.2, 0.25) is 0 Å². The van der Waals surface area contributed by atoms with E-state index < -0.39 is 72.9 Å². The van der Waals surface area contributed by atoms with Crippen LogP contribution in [0.1, 0.15) is 26.2 Å². The predicted molar refractivity (Wildman–Crippen MR) is 114 cm³/mol. The van der Waals surface area contributed by atoms with Crippen molar-refractivity contribution in [1.82, 2.24) is 16.0 Å². The monoisotopic (exact) mass is 476 g/mol. The maximum atomic E-state index is 12.6. The Morgan fingerprint density at radius 2 is 1.52 bits per heavy atom. The van der Waals surface area contributed by atoms with E-state index >= 15 is 0 Å². The molecule has 0 aromatic rings. The van der Waals surface area contributed by atoms with Crippen LogP contribution in [0.15, 0.2) is 4.99 Å². The van der Waals surface area contributed by atoms with E-state index in [2.05, 4.69) is 15.6 Å². The van der Waals surface area contributed by atoms with Crippen LogP contribution < -0.4 is 38.9 Å². The highest BCUT2D eigenvalue weighted by Crippen LogP contribution is 2.02. The van der Waals surface area contributed by atoms with Gasteiger partial charge in [0.2, 0.25) is 23.6 Å². The molecular weight excluding hydrogens is 444 g/mol. The number of aliphatic carboxylic acids is 1. The third kappa shape index (κ3) is 11.6. The molecule has 33 heavy (non-hydrogen) atoms. The molecule has 0 spiro atoms. The van der Waals surface area contributed by atoms with Gasteiger partial charge in [-0.05, 0) is 19.8 Å². The van der Waals surface area contributed by atoms with Gasteiger partial charge in [0.1, 0.15) is 18.1 Å². The highest BCUT2D eigenvalue weighted by atomic mass is 16.4. The van der Waals surface area contributed by atoms with E-state index in [0.29, 0.717) is 6.42 Å². The van der Waals surface area contributed by atoms with Gasteiger partial charge in [0, 0.05) is 6.54 Å². The Kier molecular flexibility index (Phi) is 13.0. The molecule has 0 aromatic carbocycles. The van der Waals surface area contributed by atoms with Crippen LogP contribution in [0.4, 0.5) is 0 Å².